The number of anilines is 1. The number of aliphatic carboxylic acids is 1. The summed E-state index contributed by atoms with van der Waals surface area (Å²) >= 11 is 0. The third-order valence-corrected chi connectivity index (χ3v) is 3.69. The molecule has 5 nitrogen and oxygen atoms in total. The van der Waals surface area contributed by atoms with Crippen LogP contribution in [-0.4, -0.2) is 36.1 Å². The van der Waals surface area contributed by atoms with Crippen LogP contribution in [0.15, 0.2) is 24.3 Å². The standard InChI is InChI=1S/C14H17NO4/c1-10(16)14(13(17)18)8-5-9-15(14)11-6-3-4-7-12(11)19-2/h3-4,6-7H,5,8-9H2,1-2H3,(H,17,18). The van der Waals surface area contributed by atoms with E-state index in [4.69, 9.17) is 4.74 Å². The Morgan fingerprint density at radius 3 is 2.63 bits per heavy atom. The highest BCUT2D eigenvalue weighted by Crippen LogP contribution is 2.39. The fraction of sp³-hybridized carbons (Fsp3) is 0.429. The van der Waals surface area contributed by atoms with Crippen LogP contribution in [-0.2, 0) is 9.59 Å². The van der Waals surface area contributed by atoms with Crippen LogP contribution in [0, 0.1) is 0 Å². The Kier molecular flexibility index (Phi) is 3.46. The van der Waals surface area contributed by atoms with Crippen LogP contribution >= 0.6 is 0 Å². The second kappa shape index (κ2) is 4.91. The molecule has 1 aromatic carbocycles. The monoisotopic (exact) mass is 263 g/mol. The largest absolute Gasteiger partial charge is 0.495 e. The average Bonchev–Trinajstić information content (AvgIpc) is 2.84. The number of methoxy groups -OCH3 is 1. The van der Waals surface area contributed by atoms with E-state index in [0.29, 0.717) is 30.8 Å². The molecule has 0 bridgehead atoms. The van der Waals surface area contributed by atoms with Crippen LogP contribution in [0.2, 0.25) is 0 Å². The molecule has 0 saturated carbocycles. The minimum Gasteiger partial charge on any atom is -0.495 e. The Hall–Kier alpha value is -2.04. The summed E-state index contributed by atoms with van der Waals surface area (Å²) in [6.45, 7) is 1.87. The van der Waals surface area contributed by atoms with Gasteiger partial charge in [0, 0.05) is 6.54 Å². The molecule has 5 heteroatoms. The number of benzene rings is 1. The predicted molar refractivity (Wildman–Crippen MR) is 70.6 cm³/mol. The van der Waals surface area contributed by atoms with Gasteiger partial charge in [0.15, 0.2) is 11.3 Å². The minimum absolute atomic E-state index is 0.329. The molecule has 1 heterocycles. The van der Waals surface area contributed by atoms with Gasteiger partial charge >= 0.3 is 5.97 Å². The zero-order valence-corrected chi connectivity index (χ0v) is 11.0. The maximum absolute atomic E-state index is 11.9. The molecule has 19 heavy (non-hydrogen) atoms. The molecule has 1 saturated heterocycles. The van der Waals surface area contributed by atoms with Crippen LogP contribution in [0.25, 0.3) is 0 Å². The number of hydrogen-bond donors (Lipinski definition) is 1. The number of carboxylic acid groups (broad SMARTS) is 1. The van der Waals surface area contributed by atoms with Gasteiger partial charge in [-0.3, -0.25) is 4.79 Å². The molecule has 0 radical (unpaired) electrons. The van der Waals surface area contributed by atoms with Crippen molar-refractivity contribution in [2.24, 2.45) is 0 Å². The summed E-state index contributed by atoms with van der Waals surface area (Å²) in [5.74, 6) is -0.858. The van der Waals surface area contributed by atoms with Crippen molar-refractivity contribution in [3.05, 3.63) is 24.3 Å². The molecule has 0 amide bonds. The van der Waals surface area contributed by atoms with Gasteiger partial charge in [0.25, 0.3) is 0 Å². The molecule has 2 rings (SSSR count). The number of carbonyl (C=O) groups excluding carboxylic acids is 1. The van der Waals surface area contributed by atoms with Gasteiger partial charge in [0.05, 0.1) is 12.8 Å². The molecular weight excluding hydrogens is 246 g/mol. The number of carboxylic acids is 1. The van der Waals surface area contributed by atoms with Crippen molar-refractivity contribution in [1.29, 1.82) is 0 Å². The van der Waals surface area contributed by atoms with E-state index < -0.39 is 11.5 Å². The number of ketones is 1. The van der Waals surface area contributed by atoms with Crippen molar-refractivity contribution >= 4 is 17.4 Å². The maximum atomic E-state index is 11.9. The van der Waals surface area contributed by atoms with Crippen molar-refractivity contribution in [1.82, 2.24) is 0 Å². The summed E-state index contributed by atoms with van der Waals surface area (Å²) < 4.78 is 5.26. The quantitative estimate of drug-likeness (QED) is 0.838. The highest BCUT2D eigenvalue weighted by atomic mass is 16.5. The summed E-state index contributed by atoms with van der Waals surface area (Å²) in [4.78, 5) is 25.2. The Balaban J connectivity index is 2.54. The zero-order chi connectivity index (χ0) is 14.0. The molecule has 1 atom stereocenters. The molecule has 1 N–H and O–H groups in total. The molecule has 102 valence electrons. The lowest BCUT2D eigenvalue weighted by Crippen LogP contribution is -2.56. The van der Waals surface area contributed by atoms with Crippen molar-refractivity contribution in [3.8, 4) is 5.75 Å². The van der Waals surface area contributed by atoms with Crippen molar-refractivity contribution in [2.45, 2.75) is 25.3 Å². The second-order valence-corrected chi connectivity index (χ2v) is 4.65. The maximum Gasteiger partial charge on any atom is 0.337 e. The first-order chi connectivity index (χ1) is 9.04. The number of rotatable bonds is 4. The second-order valence-electron chi connectivity index (χ2n) is 4.65. The van der Waals surface area contributed by atoms with E-state index in [1.54, 1.807) is 17.0 Å². The van der Waals surface area contributed by atoms with Crippen molar-refractivity contribution in [2.75, 3.05) is 18.6 Å². The SMILES string of the molecule is COc1ccccc1N1CCCC1(C(C)=O)C(=O)O. The average molecular weight is 263 g/mol. The van der Waals surface area contributed by atoms with E-state index >= 15 is 0 Å². The van der Waals surface area contributed by atoms with Gasteiger partial charge < -0.3 is 14.7 Å². The highest BCUT2D eigenvalue weighted by Gasteiger charge is 2.52. The number of para-hydroxylation sites is 2. The molecule has 0 spiro atoms. The van der Waals surface area contributed by atoms with Crippen LogP contribution in [0.1, 0.15) is 19.8 Å². The normalized spacial score (nSPS) is 22.3. The topological polar surface area (TPSA) is 66.8 Å². The van der Waals surface area contributed by atoms with Crippen LogP contribution in [0.3, 0.4) is 0 Å². The van der Waals surface area contributed by atoms with Crippen LogP contribution in [0.5, 0.6) is 5.75 Å². The summed E-state index contributed by atoms with van der Waals surface area (Å²) in [6.07, 6.45) is 1.000. The Morgan fingerprint density at radius 1 is 1.37 bits per heavy atom. The van der Waals surface area contributed by atoms with Gasteiger partial charge in [0.1, 0.15) is 5.75 Å². The van der Waals surface area contributed by atoms with Gasteiger partial charge in [-0.2, -0.15) is 0 Å². The number of hydrogen-bond acceptors (Lipinski definition) is 4. The summed E-state index contributed by atoms with van der Waals surface area (Å²) in [5.41, 5.74) is -0.811. The summed E-state index contributed by atoms with van der Waals surface area (Å²) in [6, 6.07) is 7.17. The molecule has 1 unspecified atom stereocenters. The summed E-state index contributed by atoms with van der Waals surface area (Å²) in [7, 11) is 1.53. The number of carbonyl (C=O) groups is 2. The number of nitrogens with zero attached hydrogens (tertiary/aromatic N) is 1. The first-order valence-corrected chi connectivity index (χ1v) is 6.19. The lowest BCUT2D eigenvalue weighted by Gasteiger charge is -2.34. The summed E-state index contributed by atoms with van der Waals surface area (Å²) in [5, 5.41) is 9.53. The van der Waals surface area contributed by atoms with E-state index in [2.05, 4.69) is 0 Å². The van der Waals surface area contributed by atoms with Gasteiger partial charge in [0.2, 0.25) is 0 Å². The fourth-order valence-corrected chi connectivity index (χ4v) is 2.74. The van der Waals surface area contributed by atoms with Gasteiger partial charge in [-0.15, -0.1) is 0 Å². The van der Waals surface area contributed by atoms with Gasteiger partial charge in [-0.05, 0) is 31.9 Å². The highest BCUT2D eigenvalue weighted by molar-refractivity contribution is 6.10. The third kappa shape index (κ3) is 1.95. The van der Waals surface area contributed by atoms with Gasteiger partial charge in [-0.1, -0.05) is 12.1 Å². The third-order valence-electron chi connectivity index (χ3n) is 3.69. The van der Waals surface area contributed by atoms with Gasteiger partial charge in [-0.25, -0.2) is 4.79 Å². The van der Waals surface area contributed by atoms with Crippen LogP contribution in [0.4, 0.5) is 5.69 Å². The lowest BCUT2D eigenvalue weighted by molar-refractivity contribution is -0.147. The molecule has 1 aromatic rings. The van der Waals surface area contributed by atoms with Crippen molar-refractivity contribution < 1.29 is 19.4 Å². The number of ether oxygens (including phenoxy) is 1. The van der Waals surface area contributed by atoms with E-state index in [-0.39, 0.29) is 5.78 Å². The Morgan fingerprint density at radius 2 is 2.05 bits per heavy atom. The first kappa shape index (κ1) is 13.4. The van der Waals surface area contributed by atoms with E-state index in [1.807, 2.05) is 12.1 Å². The van der Waals surface area contributed by atoms with E-state index in [9.17, 15) is 14.7 Å². The van der Waals surface area contributed by atoms with E-state index in [1.165, 1.54) is 14.0 Å². The zero-order valence-electron chi connectivity index (χ0n) is 11.0. The van der Waals surface area contributed by atoms with Crippen LogP contribution < -0.4 is 9.64 Å². The number of Topliss-reactive ketones (excluding diaryl/α,β-unsaturated/α-hetero) is 1. The van der Waals surface area contributed by atoms with E-state index in [0.717, 1.165) is 0 Å². The molecule has 0 aliphatic carbocycles. The minimum atomic E-state index is -1.46. The molecule has 1 aliphatic heterocycles. The predicted octanol–water partition coefficient (Wildman–Crippen LogP) is 1.71. The Labute approximate surface area is 111 Å². The molecule has 0 aromatic heterocycles. The fourth-order valence-electron chi connectivity index (χ4n) is 2.74. The molecule has 1 fully saturated rings. The Bertz CT molecular complexity index is 498. The molecular formula is C14H17NO4. The van der Waals surface area contributed by atoms with Crippen molar-refractivity contribution in [3.63, 3.8) is 0 Å². The lowest BCUT2D eigenvalue weighted by atomic mass is 9.91. The smallest absolute Gasteiger partial charge is 0.337 e. The first-order valence-electron chi connectivity index (χ1n) is 6.19. The molecule has 1 aliphatic rings.